The van der Waals surface area contributed by atoms with Crippen LogP contribution in [0.5, 0.6) is 0 Å². The first kappa shape index (κ1) is 13.8. The van der Waals surface area contributed by atoms with Gasteiger partial charge >= 0.3 is 0 Å². The first-order valence-corrected chi connectivity index (χ1v) is 6.68. The van der Waals surface area contributed by atoms with Gasteiger partial charge in [-0.25, -0.2) is 4.98 Å². The van der Waals surface area contributed by atoms with E-state index in [1.54, 1.807) is 0 Å². The molecule has 1 aliphatic heterocycles. The molecule has 0 amide bonds. The smallest absolute Gasteiger partial charge is 0.222 e. The third kappa shape index (κ3) is 3.92. The molecule has 1 aromatic rings. The SMILES string of the molecule is CC(C)(C)C=Cc1cc(N2CCC(N)C2)nc(N)n1. The van der Waals surface area contributed by atoms with E-state index in [9.17, 15) is 0 Å². The summed E-state index contributed by atoms with van der Waals surface area (Å²) in [5.74, 6) is 1.18. The molecule has 2 rings (SSSR count). The molecule has 0 bridgehead atoms. The van der Waals surface area contributed by atoms with Crippen LogP contribution in [0.3, 0.4) is 0 Å². The van der Waals surface area contributed by atoms with E-state index in [0.717, 1.165) is 31.0 Å². The number of hydrogen-bond acceptors (Lipinski definition) is 5. The van der Waals surface area contributed by atoms with Crippen molar-refractivity contribution < 1.29 is 0 Å². The van der Waals surface area contributed by atoms with Crippen molar-refractivity contribution in [2.45, 2.75) is 33.2 Å². The van der Waals surface area contributed by atoms with Crippen molar-refractivity contribution in [3.63, 3.8) is 0 Å². The molecule has 1 fully saturated rings. The summed E-state index contributed by atoms with van der Waals surface area (Å²) in [6.45, 7) is 8.20. The lowest BCUT2D eigenvalue weighted by Crippen LogP contribution is -2.27. The molecule has 5 heteroatoms. The number of anilines is 2. The van der Waals surface area contributed by atoms with Gasteiger partial charge in [-0.1, -0.05) is 26.8 Å². The quantitative estimate of drug-likeness (QED) is 0.846. The van der Waals surface area contributed by atoms with Gasteiger partial charge in [-0.3, -0.25) is 0 Å². The Morgan fingerprint density at radius 3 is 2.68 bits per heavy atom. The third-order valence-electron chi connectivity index (χ3n) is 3.05. The van der Waals surface area contributed by atoms with Gasteiger partial charge in [0.25, 0.3) is 0 Å². The van der Waals surface area contributed by atoms with Crippen LogP contribution in [0.15, 0.2) is 12.1 Å². The van der Waals surface area contributed by atoms with Crippen LogP contribution in [0.2, 0.25) is 0 Å². The summed E-state index contributed by atoms with van der Waals surface area (Å²) in [6, 6.07) is 2.20. The lowest BCUT2D eigenvalue weighted by atomic mass is 9.96. The fourth-order valence-electron chi connectivity index (χ4n) is 2.05. The highest BCUT2D eigenvalue weighted by atomic mass is 15.2. The Bertz CT molecular complexity index is 475. The van der Waals surface area contributed by atoms with Gasteiger partial charge in [0, 0.05) is 25.2 Å². The predicted octanol–water partition coefficient (Wildman–Crippen LogP) is 1.66. The van der Waals surface area contributed by atoms with Gasteiger partial charge in [-0.05, 0) is 17.9 Å². The first-order valence-electron chi connectivity index (χ1n) is 6.68. The maximum Gasteiger partial charge on any atom is 0.222 e. The summed E-state index contributed by atoms with van der Waals surface area (Å²) in [5.41, 5.74) is 12.7. The molecule has 0 aromatic carbocycles. The first-order chi connectivity index (χ1) is 8.83. The predicted molar refractivity (Wildman–Crippen MR) is 79.7 cm³/mol. The maximum absolute atomic E-state index is 5.92. The maximum atomic E-state index is 5.92. The minimum absolute atomic E-state index is 0.121. The van der Waals surface area contributed by atoms with E-state index in [1.165, 1.54) is 0 Å². The molecule has 0 spiro atoms. The van der Waals surface area contributed by atoms with Gasteiger partial charge < -0.3 is 16.4 Å². The highest BCUT2D eigenvalue weighted by Gasteiger charge is 2.20. The molecular formula is C14H23N5. The number of aromatic nitrogens is 2. The molecule has 104 valence electrons. The Morgan fingerprint density at radius 2 is 2.11 bits per heavy atom. The molecule has 4 N–H and O–H groups in total. The van der Waals surface area contributed by atoms with Crippen molar-refractivity contribution in [2.24, 2.45) is 11.1 Å². The molecule has 1 saturated heterocycles. The van der Waals surface area contributed by atoms with Gasteiger partial charge in [0.2, 0.25) is 5.95 Å². The zero-order chi connectivity index (χ0) is 14.0. The Labute approximate surface area is 114 Å². The van der Waals surface area contributed by atoms with Crippen LogP contribution >= 0.6 is 0 Å². The number of allylic oxidation sites excluding steroid dienone is 1. The van der Waals surface area contributed by atoms with Crippen LogP contribution in [-0.4, -0.2) is 29.1 Å². The van der Waals surface area contributed by atoms with Gasteiger partial charge in [-0.15, -0.1) is 0 Å². The average Bonchev–Trinajstić information content (AvgIpc) is 2.72. The van der Waals surface area contributed by atoms with Crippen molar-refractivity contribution >= 4 is 17.8 Å². The summed E-state index contributed by atoms with van der Waals surface area (Å²) in [6.07, 6.45) is 5.11. The van der Waals surface area contributed by atoms with Gasteiger partial charge in [-0.2, -0.15) is 4.98 Å². The summed E-state index contributed by atoms with van der Waals surface area (Å²) in [5, 5.41) is 0. The van der Waals surface area contributed by atoms with Crippen LogP contribution in [-0.2, 0) is 0 Å². The minimum atomic E-state index is 0.121. The van der Waals surface area contributed by atoms with Gasteiger partial charge in [0.15, 0.2) is 0 Å². The van der Waals surface area contributed by atoms with Crippen LogP contribution in [0.1, 0.15) is 32.9 Å². The van der Waals surface area contributed by atoms with Crippen molar-refractivity contribution in [2.75, 3.05) is 23.7 Å². The van der Waals surface area contributed by atoms with E-state index in [2.05, 4.69) is 41.7 Å². The second-order valence-electron chi connectivity index (χ2n) is 6.20. The molecule has 1 unspecified atom stereocenters. The molecule has 0 radical (unpaired) electrons. The van der Waals surface area contributed by atoms with Crippen LogP contribution in [0.4, 0.5) is 11.8 Å². The summed E-state index contributed by atoms with van der Waals surface area (Å²) in [7, 11) is 0. The summed E-state index contributed by atoms with van der Waals surface area (Å²) >= 11 is 0. The molecule has 1 aromatic heterocycles. The zero-order valence-electron chi connectivity index (χ0n) is 11.9. The van der Waals surface area contributed by atoms with Gasteiger partial charge in [0.05, 0.1) is 5.69 Å². The summed E-state index contributed by atoms with van der Waals surface area (Å²) < 4.78 is 0. The van der Waals surface area contributed by atoms with E-state index >= 15 is 0 Å². The average molecular weight is 261 g/mol. The zero-order valence-corrected chi connectivity index (χ0v) is 11.9. The Morgan fingerprint density at radius 1 is 1.37 bits per heavy atom. The monoisotopic (exact) mass is 261 g/mol. The van der Waals surface area contributed by atoms with E-state index in [4.69, 9.17) is 11.5 Å². The molecule has 0 saturated carbocycles. The Kier molecular flexibility index (Phi) is 3.75. The number of hydrogen-bond donors (Lipinski definition) is 2. The molecular weight excluding hydrogens is 238 g/mol. The number of nitrogens with two attached hydrogens (primary N) is 2. The van der Waals surface area contributed by atoms with Gasteiger partial charge in [0.1, 0.15) is 5.82 Å². The lowest BCUT2D eigenvalue weighted by Gasteiger charge is -2.17. The van der Waals surface area contributed by atoms with Crippen LogP contribution in [0.25, 0.3) is 6.08 Å². The second-order valence-corrected chi connectivity index (χ2v) is 6.20. The molecule has 19 heavy (non-hydrogen) atoms. The Hall–Kier alpha value is -1.62. The largest absolute Gasteiger partial charge is 0.368 e. The number of rotatable bonds is 2. The van der Waals surface area contributed by atoms with Crippen LogP contribution < -0.4 is 16.4 Å². The van der Waals surface area contributed by atoms with Crippen LogP contribution in [0, 0.1) is 5.41 Å². The minimum Gasteiger partial charge on any atom is -0.368 e. The molecule has 2 heterocycles. The van der Waals surface area contributed by atoms with Crippen molar-refractivity contribution in [3.8, 4) is 0 Å². The Balaban J connectivity index is 2.22. The number of nitrogens with zero attached hydrogens (tertiary/aromatic N) is 3. The third-order valence-corrected chi connectivity index (χ3v) is 3.05. The highest BCUT2D eigenvalue weighted by molar-refractivity contribution is 5.55. The number of nitrogen functional groups attached to an aromatic ring is 1. The lowest BCUT2D eigenvalue weighted by molar-refractivity contribution is 0.547. The van der Waals surface area contributed by atoms with E-state index in [0.29, 0.717) is 5.95 Å². The summed E-state index contributed by atoms with van der Waals surface area (Å²) in [4.78, 5) is 10.7. The van der Waals surface area contributed by atoms with E-state index < -0.39 is 0 Å². The topological polar surface area (TPSA) is 81.1 Å². The van der Waals surface area contributed by atoms with Crippen molar-refractivity contribution in [1.82, 2.24) is 9.97 Å². The second kappa shape index (κ2) is 5.17. The molecule has 5 nitrogen and oxygen atoms in total. The standard InChI is InChI=1S/C14H23N5/c1-14(2,3)6-4-11-8-12(18-13(16)17-11)19-7-5-10(15)9-19/h4,6,8,10H,5,7,9,15H2,1-3H3,(H2,16,17,18). The highest BCUT2D eigenvalue weighted by Crippen LogP contribution is 2.21. The molecule has 1 atom stereocenters. The van der Waals surface area contributed by atoms with E-state index in [-0.39, 0.29) is 11.5 Å². The molecule has 1 aliphatic rings. The normalized spacial score (nSPS) is 20.4. The van der Waals surface area contributed by atoms with Crippen molar-refractivity contribution in [3.05, 3.63) is 17.8 Å². The molecule has 0 aliphatic carbocycles. The fraction of sp³-hybridized carbons (Fsp3) is 0.571. The van der Waals surface area contributed by atoms with Crippen molar-refractivity contribution in [1.29, 1.82) is 0 Å². The fourth-order valence-corrected chi connectivity index (χ4v) is 2.05. The van der Waals surface area contributed by atoms with E-state index in [1.807, 2.05) is 12.1 Å².